The van der Waals surface area contributed by atoms with Crippen LogP contribution in [0.1, 0.15) is 25.7 Å². The number of hydrogen-bond donors (Lipinski definition) is 3. The molecule has 3 N–H and O–H groups in total. The smallest absolute Gasteiger partial charge is 0.288 e. The molecule has 1 amide bonds. The molecule has 0 spiro atoms. The van der Waals surface area contributed by atoms with E-state index in [2.05, 4.69) is 10.6 Å². The van der Waals surface area contributed by atoms with Crippen LogP contribution in [0.4, 0.5) is 14.5 Å². The molecule has 122 valence electrons. The number of alkyl halides is 2. The Balaban J connectivity index is 1.81. The molecule has 0 unspecified atom stereocenters. The van der Waals surface area contributed by atoms with Crippen LogP contribution in [-0.2, 0) is 4.79 Å². The summed E-state index contributed by atoms with van der Waals surface area (Å²) in [5.41, 5.74) is 0.227. The molecule has 0 atom stereocenters. The zero-order valence-corrected chi connectivity index (χ0v) is 13.0. The minimum absolute atomic E-state index is 0.0276. The van der Waals surface area contributed by atoms with Gasteiger partial charge >= 0.3 is 0 Å². The van der Waals surface area contributed by atoms with Gasteiger partial charge in [-0.15, -0.1) is 0 Å². The van der Waals surface area contributed by atoms with E-state index in [1.165, 1.54) is 0 Å². The zero-order chi connectivity index (χ0) is 16.0. The minimum Gasteiger partial charge on any atom is -0.394 e. The summed E-state index contributed by atoms with van der Waals surface area (Å²) in [5.74, 6) is -2.67. The summed E-state index contributed by atoms with van der Waals surface area (Å²) in [4.78, 5) is 12.4. The first-order valence-corrected chi connectivity index (χ1v) is 8.12. The van der Waals surface area contributed by atoms with Gasteiger partial charge in [0.1, 0.15) is 0 Å². The average Bonchev–Trinajstić information content (AvgIpc) is 2.96. The number of hydrogen-bond acceptors (Lipinski definition) is 4. The number of halogens is 2. The van der Waals surface area contributed by atoms with Crippen molar-refractivity contribution in [3.63, 3.8) is 0 Å². The third-order valence-electron chi connectivity index (χ3n) is 3.85. The van der Waals surface area contributed by atoms with Crippen molar-refractivity contribution < 1.29 is 18.7 Å². The molecule has 1 aromatic rings. The highest BCUT2D eigenvalue weighted by Crippen LogP contribution is 2.29. The Morgan fingerprint density at radius 3 is 2.45 bits per heavy atom. The van der Waals surface area contributed by atoms with Crippen molar-refractivity contribution in [1.29, 1.82) is 0 Å². The number of aliphatic hydroxyl groups is 1. The normalized spacial score (nSPS) is 16.9. The second-order valence-electron chi connectivity index (χ2n) is 5.45. The number of rotatable bonds is 7. The lowest BCUT2D eigenvalue weighted by Crippen LogP contribution is -2.49. The Morgan fingerprint density at radius 2 is 1.91 bits per heavy atom. The van der Waals surface area contributed by atoms with Gasteiger partial charge in [-0.25, -0.2) is 0 Å². The lowest BCUT2D eigenvalue weighted by atomic mass is 9.99. The number of aliphatic hydroxyl groups excluding tert-OH is 1. The Bertz CT molecular complexity index is 491. The van der Waals surface area contributed by atoms with Crippen molar-refractivity contribution in [3.05, 3.63) is 24.3 Å². The number of thioether (sulfide) groups is 1. The number of anilines is 1. The molecule has 1 saturated carbocycles. The molecule has 0 aliphatic heterocycles. The molecule has 1 aliphatic carbocycles. The van der Waals surface area contributed by atoms with E-state index in [-0.39, 0.29) is 24.6 Å². The maximum atomic E-state index is 12.2. The summed E-state index contributed by atoms with van der Waals surface area (Å²) < 4.78 is 24.4. The summed E-state index contributed by atoms with van der Waals surface area (Å²) >= 11 is 0.469. The van der Waals surface area contributed by atoms with E-state index in [1.807, 2.05) is 0 Å². The maximum absolute atomic E-state index is 12.2. The van der Waals surface area contributed by atoms with Gasteiger partial charge in [0.25, 0.3) is 5.76 Å². The monoisotopic (exact) mass is 330 g/mol. The Hall–Kier alpha value is -1.18. The van der Waals surface area contributed by atoms with Gasteiger partial charge in [0.15, 0.2) is 0 Å². The van der Waals surface area contributed by atoms with Crippen LogP contribution < -0.4 is 10.6 Å². The SMILES string of the molecule is O=C(CNC1(CO)CCCC1)Nc1ccc(SC(F)F)cc1. The Labute approximate surface area is 132 Å². The summed E-state index contributed by atoms with van der Waals surface area (Å²) in [7, 11) is 0. The molecule has 0 bridgehead atoms. The summed E-state index contributed by atoms with van der Waals surface area (Å²) in [6.45, 7) is 0.147. The fourth-order valence-electron chi connectivity index (χ4n) is 2.64. The zero-order valence-electron chi connectivity index (χ0n) is 12.1. The fourth-order valence-corrected chi connectivity index (χ4v) is 3.13. The van der Waals surface area contributed by atoms with Crippen molar-refractivity contribution in [2.45, 2.75) is 41.9 Å². The molecule has 0 radical (unpaired) electrons. The molecule has 1 aromatic carbocycles. The largest absolute Gasteiger partial charge is 0.394 e. The van der Waals surface area contributed by atoms with Gasteiger partial charge in [-0.1, -0.05) is 24.6 Å². The molecule has 1 aliphatic rings. The molecule has 22 heavy (non-hydrogen) atoms. The predicted molar refractivity (Wildman–Crippen MR) is 83.2 cm³/mol. The van der Waals surface area contributed by atoms with E-state index in [0.717, 1.165) is 25.7 Å². The van der Waals surface area contributed by atoms with Crippen LogP contribution in [0.2, 0.25) is 0 Å². The Morgan fingerprint density at radius 1 is 1.27 bits per heavy atom. The van der Waals surface area contributed by atoms with Gasteiger partial charge in [0, 0.05) is 16.1 Å². The predicted octanol–water partition coefficient (Wildman–Crippen LogP) is 2.83. The van der Waals surface area contributed by atoms with Gasteiger partial charge < -0.3 is 15.7 Å². The second kappa shape index (κ2) is 7.89. The van der Waals surface area contributed by atoms with E-state index in [9.17, 15) is 18.7 Å². The van der Waals surface area contributed by atoms with Crippen LogP contribution in [0.3, 0.4) is 0 Å². The van der Waals surface area contributed by atoms with Crippen LogP contribution in [-0.4, -0.2) is 35.5 Å². The highest BCUT2D eigenvalue weighted by atomic mass is 32.2. The number of amides is 1. The third-order valence-corrected chi connectivity index (χ3v) is 4.57. The number of carbonyl (C=O) groups excluding carboxylic acids is 1. The van der Waals surface area contributed by atoms with Crippen LogP contribution in [0.25, 0.3) is 0 Å². The van der Waals surface area contributed by atoms with Gasteiger partial charge in [-0.05, 0) is 37.1 Å². The van der Waals surface area contributed by atoms with Gasteiger partial charge in [-0.3, -0.25) is 4.79 Å². The molecular formula is C15H20F2N2O2S. The van der Waals surface area contributed by atoms with Crippen LogP contribution in [0.15, 0.2) is 29.2 Å². The topological polar surface area (TPSA) is 61.4 Å². The molecule has 0 saturated heterocycles. The van der Waals surface area contributed by atoms with Crippen molar-refractivity contribution in [1.82, 2.24) is 5.32 Å². The molecular weight excluding hydrogens is 310 g/mol. The van der Waals surface area contributed by atoms with E-state index >= 15 is 0 Å². The van der Waals surface area contributed by atoms with Gasteiger partial charge in [-0.2, -0.15) is 8.78 Å². The van der Waals surface area contributed by atoms with E-state index < -0.39 is 5.76 Å². The number of nitrogens with one attached hydrogen (secondary N) is 2. The Kier molecular flexibility index (Phi) is 6.16. The lowest BCUT2D eigenvalue weighted by molar-refractivity contribution is -0.115. The summed E-state index contributed by atoms with van der Waals surface area (Å²) in [6.07, 6.45) is 3.85. The van der Waals surface area contributed by atoms with E-state index in [0.29, 0.717) is 22.3 Å². The van der Waals surface area contributed by atoms with Crippen LogP contribution in [0.5, 0.6) is 0 Å². The highest BCUT2D eigenvalue weighted by molar-refractivity contribution is 7.99. The first-order valence-electron chi connectivity index (χ1n) is 7.24. The molecule has 1 fully saturated rings. The molecule has 2 rings (SSSR count). The number of carbonyl (C=O) groups is 1. The summed E-state index contributed by atoms with van der Waals surface area (Å²) in [6, 6.07) is 6.29. The van der Waals surface area contributed by atoms with Crippen molar-refractivity contribution in [2.24, 2.45) is 0 Å². The molecule has 4 nitrogen and oxygen atoms in total. The van der Waals surface area contributed by atoms with Crippen LogP contribution >= 0.6 is 11.8 Å². The highest BCUT2D eigenvalue weighted by Gasteiger charge is 2.32. The number of benzene rings is 1. The molecule has 0 aromatic heterocycles. The quantitative estimate of drug-likeness (QED) is 0.673. The van der Waals surface area contributed by atoms with Gasteiger partial charge in [0.05, 0.1) is 13.2 Å². The fraction of sp³-hybridized carbons (Fsp3) is 0.533. The molecule has 0 heterocycles. The van der Waals surface area contributed by atoms with Crippen molar-refractivity contribution >= 4 is 23.4 Å². The first-order chi connectivity index (χ1) is 10.5. The summed E-state index contributed by atoms with van der Waals surface area (Å²) in [5, 5.41) is 15.3. The molecule has 7 heteroatoms. The average molecular weight is 330 g/mol. The van der Waals surface area contributed by atoms with Crippen molar-refractivity contribution in [3.8, 4) is 0 Å². The van der Waals surface area contributed by atoms with E-state index in [1.54, 1.807) is 24.3 Å². The third kappa shape index (κ3) is 4.93. The van der Waals surface area contributed by atoms with E-state index in [4.69, 9.17) is 0 Å². The second-order valence-corrected chi connectivity index (χ2v) is 6.51. The van der Waals surface area contributed by atoms with Gasteiger partial charge in [0.2, 0.25) is 5.91 Å². The minimum atomic E-state index is -2.45. The first kappa shape index (κ1) is 17.2. The lowest BCUT2D eigenvalue weighted by Gasteiger charge is -2.27. The standard InChI is InChI=1S/C15H20F2N2O2S/c16-14(17)22-12-5-3-11(4-6-12)19-13(21)9-18-15(10-20)7-1-2-8-15/h3-6,14,18,20H,1-2,7-10H2,(H,19,21). The van der Waals surface area contributed by atoms with Crippen LogP contribution in [0, 0.1) is 0 Å². The van der Waals surface area contributed by atoms with Crippen molar-refractivity contribution in [2.75, 3.05) is 18.5 Å². The maximum Gasteiger partial charge on any atom is 0.288 e.